The summed E-state index contributed by atoms with van der Waals surface area (Å²) >= 11 is 6.16. The Bertz CT molecular complexity index is 1000. The number of anilines is 4. The van der Waals surface area contributed by atoms with Crippen molar-refractivity contribution in [2.75, 3.05) is 24.9 Å². The molecule has 0 unspecified atom stereocenters. The molecule has 3 rings (SSSR count). The summed E-state index contributed by atoms with van der Waals surface area (Å²) in [6, 6.07) is 8.21. The first kappa shape index (κ1) is 19.1. The third-order valence-electron chi connectivity index (χ3n) is 3.64. The van der Waals surface area contributed by atoms with Gasteiger partial charge in [0.15, 0.2) is 0 Å². The van der Waals surface area contributed by atoms with Gasteiger partial charge >= 0.3 is 5.69 Å². The van der Waals surface area contributed by atoms with Crippen molar-refractivity contribution >= 4 is 40.4 Å². The Morgan fingerprint density at radius 3 is 2.36 bits per heavy atom. The Morgan fingerprint density at radius 2 is 1.75 bits per heavy atom. The molecule has 0 saturated heterocycles. The molecule has 2 N–H and O–H groups in total. The Hall–Kier alpha value is -3.66. The minimum Gasteiger partial charge on any atom is -0.495 e. The van der Waals surface area contributed by atoms with E-state index in [4.69, 9.17) is 21.1 Å². The van der Waals surface area contributed by atoms with Crippen LogP contribution in [0, 0.1) is 10.1 Å². The van der Waals surface area contributed by atoms with Gasteiger partial charge in [-0.25, -0.2) is 15.0 Å². The van der Waals surface area contributed by atoms with Crippen LogP contribution in [0.15, 0.2) is 42.9 Å². The molecule has 0 aliphatic carbocycles. The van der Waals surface area contributed by atoms with Gasteiger partial charge in [-0.1, -0.05) is 17.7 Å². The molecule has 0 aliphatic rings. The lowest BCUT2D eigenvalue weighted by molar-refractivity contribution is -0.383. The highest BCUT2D eigenvalue weighted by molar-refractivity contribution is 6.32. The van der Waals surface area contributed by atoms with Crippen LogP contribution in [-0.2, 0) is 0 Å². The second-order valence-electron chi connectivity index (χ2n) is 5.33. The lowest BCUT2D eigenvalue weighted by atomic mass is 10.2. The minimum absolute atomic E-state index is 0.0141. The molecule has 11 heteroatoms. The van der Waals surface area contributed by atoms with Crippen LogP contribution >= 0.6 is 11.6 Å². The minimum atomic E-state index is -0.592. The number of nitrogens with one attached hydrogen (secondary N) is 2. The molecule has 0 fully saturated rings. The second-order valence-corrected chi connectivity index (χ2v) is 5.74. The van der Waals surface area contributed by atoms with Crippen LogP contribution in [-0.4, -0.2) is 34.1 Å². The van der Waals surface area contributed by atoms with E-state index in [1.165, 1.54) is 26.6 Å². The van der Waals surface area contributed by atoms with Crippen molar-refractivity contribution in [2.24, 2.45) is 0 Å². The first-order valence-electron chi connectivity index (χ1n) is 7.89. The zero-order valence-corrected chi connectivity index (χ0v) is 15.6. The zero-order chi connectivity index (χ0) is 20.1. The Labute approximate surface area is 164 Å². The third-order valence-corrected chi connectivity index (χ3v) is 3.94. The van der Waals surface area contributed by atoms with E-state index in [0.29, 0.717) is 28.0 Å². The van der Waals surface area contributed by atoms with E-state index >= 15 is 0 Å². The number of nitro groups is 1. The summed E-state index contributed by atoms with van der Waals surface area (Å²) < 4.78 is 10.5. The summed E-state index contributed by atoms with van der Waals surface area (Å²) in [6.45, 7) is 0. The van der Waals surface area contributed by atoms with Crippen molar-refractivity contribution in [3.8, 4) is 11.5 Å². The Kier molecular flexibility index (Phi) is 5.70. The highest BCUT2D eigenvalue weighted by Crippen LogP contribution is 2.39. The molecule has 0 bridgehead atoms. The summed E-state index contributed by atoms with van der Waals surface area (Å²) in [5.74, 6) is 1.12. The van der Waals surface area contributed by atoms with Crippen LogP contribution < -0.4 is 20.1 Å². The van der Waals surface area contributed by atoms with E-state index in [2.05, 4.69) is 25.6 Å². The first-order valence-corrected chi connectivity index (χ1v) is 8.27. The van der Waals surface area contributed by atoms with E-state index < -0.39 is 4.92 Å². The molecule has 0 atom stereocenters. The van der Waals surface area contributed by atoms with Gasteiger partial charge in [0.2, 0.25) is 11.6 Å². The average Bonchev–Trinajstić information content (AvgIpc) is 2.69. The second kappa shape index (κ2) is 8.35. The van der Waals surface area contributed by atoms with Crippen LogP contribution in [0.2, 0.25) is 5.02 Å². The van der Waals surface area contributed by atoms with Gasteiger partial charge in [0.05, 0.1) is 29.9 Å². The van der Waals surface area contributed by atoms with E-state index in [-0.39, 0.29) is 17.3 Å². The van der Waals surface area contributed by atoms with Crippen molar-refractivity contribution < 1.29 is 14.4 Å². The van der Waals surface area contributed by atoms with Gasteiger partial charge in [-0.15, -0.1) is 0 Å². The van der Waals surface area contributed by atoms with E-state index in [1.54, 1.807) is 30.5 Å². The predicted octanol–water partition coefficient (Wildman–Crippen LogP) is 3.94. The molecule has 3 aromatic rings. The highest BCUT2D eigenvalue weighted by atomic mass is 35.5. The maximum atomic E-state index is 11.7. The summed E-state index contributed by atoms with van der Waals surface area (Å²) in [4.78, 5) is 23.1. The number of aromatic nitrogens is 3. The summed E-state index contributed by atoms with van der Waals surface area (Å²) in [5.41, 5.74) is 0.0148. The van der Waals surface area contributed by atoms with Gasteiger partial charge in [0, 0.05) is 12.3 Å². The van der Waals surface area contributed by atoms with Gasteiger partial charge in [0.25, 0.3) is 0 Å². The maximum Gasteiger partial charge on any atom is 0.353 e. The smallest absolute Gasteiger partial charge is 0.353 e. The van der Waals surface area contributed by atoms with E-state index in [9.17, 15) is 10.1 Å². The molecule has 28 heavy (non-hydrogen) atoms. The van der Waals surface area contributed by atoms with Gasteiger partial charge < -0.3 is 20.1 Å². The number of benzene rings is 1. The Balaban J connectivity index is 2.02. The van der Waals surface area contributed by atoms with Crippen molar-refractivity contribution in [3.05, 3.63) is 58.0 Å². The molecular weight excluding hydrogens is 388 g/mol. The third kappa shape index (κ3) is 4.01. The van der Waals surface area contributed by atoms with Gasteiger partial charge in [-0.2, -0.15) is 0 Å². The number of hydrogen-bond acceptors (Lipinski definition) is 9. The van der Waals surface area contributed by atoms with Crippen molar-refractivity contribution in [1.82, 2.24) is 15.0 Å². The molecule has 0 radical (unpaired) electrons. The number of nitrogens with zero attached hydrogens (tertiary/aromatic N) is 4. The number of halogens is 1. The molecule has 0 saturated carbocycles. The number of methoxy groups -OCH3 is 2. The van der Waals surface area contributed by atoms with Crippen LogP contribution in [0.1, 0.15) is 0 Å². The number of ether oxygens (including phenoxy) is 2. The highest BCUT2D eigenvalue weighted by Gasteiger charge is 2.24. The van der Waals surface area contributed by atoms with Crippen LogP contribution in [0.25, 0.3) is 0 Å². The lowest BCUT2D eigenvalue weighted by Gasteiger charge is -2.14. The molecule has 0 spiro atoms. The van der Waals surface area contributed by atoms with E-state index in [0.717, 1.165) is 0 Å². The lowest BCUT2D eigenvalue weighted by Crippen LogP contribution is -2.06. The quantitative estimate of drug-likeness (QED) is 0.446. The summed E-state index contributed by atoms with van der Waals surface area (Å²) in [7, 11) is 2.93. The fourth-order valence-corrected chi connectivity index (χ4v) is 2.62. The fraction of sp³-hybridized carbons (Fsp3) is 0.118. The Morgan fingerprint density at radius 1 is 1.04 bits per heavy atom. The SMILES string of the molecule is COc1cc(OC)c(Nc2ncnc(Nc3ccccn3)c2[N+](=O)[O-])cc1Cl. The average molecular weight is 403 g/mol. The molecule has 2 heterocycles. The van der Waals surface area contributed by atoms with Crippen LogP contribution in [0.5, 0.6) is 11.5 Å². The molecule has 0 aliphatic heterocycles. The van der Waals surface area contributed by atoms with Crippen LogP contribution in [0.3, 0.4) is 0 Å². The normalized spacial score (nSPS) is 10.2. The molecular formula is C17H15ClN6O4. The number of pyridine rings is 1. The van der Waals surface area contributed by atoms with Gasteiger partial charge in [-0.05, 0) is 18.2 Å². The molecule has 1 aromatic carbocycles. The summed E-state index contributed by atoms with van der Waals surface area (Å²) in [6.07, 6.45) is 2.75. The van der Waals surface area contributed by atoms with Crippen LogP contribution in [0.4, 0.5) is 28.8 Å². The topological polar surface area (TPSA) is 124 Å². The van der Waals surface area contributed by atoms with E-state index in [1.807, 2.05) is 0 Å². The predicted molar refractivity (Wildman–Crippen MR) is 104 cm³/mol. The first-order chi connectivity index (χ1) is 13.5. The number of hydrogen-bond donors (Lipinski definition) is 2. The van der Waals surface area contributed by atoms with Crippen molar-refractivity contribution in [3.63, 3.8) is 0 Å². The molecule has 144 valence electrons. The monoisotopic (exact) mass is 402 g/mol. The molecule has 10 nitrogen and oxygen atoms in total. The summed E-state index contributed by atoms with van der Waals surface area (Å²) in [5, 5.41) is 17.7. The largest absolute Gasteiger partial charge is 0.495 e. The van der Waals surface area contributed by atoms with Crippen molar-refractivity contribution in [1.29, 1.82) is 0 Å². The molecule has 2 aromatic heterocycles. The fourth-order valence-electron chi connectivity index (χ4n) is 2.38. The van der Waals surface area contributed by atoms with Crippen molar-refractivity contribution in [2.45, 2.75) is 0 Å². The standard InChI is InChI=1S/C17H15ClN6O4/c1-27-12-8-13(28-2)11(7-10(12)18)22-16-15(24(25)26)17(21-9-20-16)23-14-5-3-4-6-19-14/h3-9H,1-2H3,(H2,19,20,21,22,23). The van der Waals surface area contributed by atoms with Gasteiger partial charge in [-0.3, -0.25) is 10.1 Å². The van der Waals surface area contributed by atoms with Gasteiger partial charge in [0.1, 0.15) is 23.6 Å². The maximum absolute atomic E-state index is 11.7. The number of rotatable bonds is 7. The zero-order valence-electron chi connectivity index (χ0n) is 14.8. The molecule has 0 amide bonds.